The van der Waals surface area contributed by atoms with Gasteiger partial charge in [-0.25, -0.2) is 4.98 Å². The number of fused-ring (bicyclic) bond motifs is 2. The van der Waals surface area contributed by atoms with Gasteiger partial charge in [0.1, 0.15) is 17.4 Å². The summed E-state index contributed by atoms with van der Waals surface area (Å²) in [5.41, 5.74) is 3.04. The minimum Gasteiger partial charge on any atom is -0.344 e. The number of carbonyl (C=O) groups is 2. The molecule has 0 saturated heterocycles. The van der Waals surface area contributed by atoms with E-state index in [1.54, 1.807) is 12.1 Å². The predicted molar refractivity (Wildman–Crippen MR) is 183 cm³/mol. The van der Waals surface area contributed by atoms with Crippen molar-refractivity contribution in [2.75, 3.05) is 0 Å². The maximum absolute atomic E-state index is 14.1. The van der Waals surface area contributed by atoms with Gasteiger partial charge in [0.05, 0.1) is 16.9 Å². The molecular formula is C40H34N4O3. The van der Waals surface area contributed by atoms with E-state index in [-0.39, 0.29) is 30.2 Å². The molecule has 7 nitrogen and oxygen atoms in total. The molecule has 1 aromatic heterocycles. The zero-order valence-corrected chi connectivity index (χ0v) is 25.8. The molecule has 2 N–H and O–H groups in total. The second kappa shape index (κ2) is 12.9. The van der Waals surface area contributed by atoms with E-state index in [1.165, 1.54) is 4.57 Å². The Labute approximate surface area is 272 Å². The van der Waals surface area contributed by atoms with Gasteiger partial charge in [-0.3, -0.25) is 19.0 Å². The molecule has 7 rings (SSSR count). The van der Waals surface area contributed by atoms with Gasteiger partial charge < -0.3 is 10.6 Å². The number of aromatic nitrogens is 2. The fourth-order valence-electron chi connectivity index (χ4n) is 6.73. The van der Waals surface area contributed by atoms with Crippen molar-refractivity contribution in [3.63, 3.8) is 0 Å². The summed E-state index contributed by atoms with van der Waals surface area (Å²) in [6, 6.07) is 45.3. The lowest BCUT2D eigenvalue weighted by Crippen LogP contribution is -2.50. The third-order valence-electron chi connectivity index (χ3n) is 8.95. The number of para-hydroxylation sites is 1. The summed E-state index contributed by atoms with van der Waals surface area (Å²) in [7, 11) is 0. The molecular weight excluding hydrogens is 584 g/mol. The highest BCUT2D eigenvalue weighted by atomic mass is 16.2. The summed E-state index contributed by atoms with van der Waals surface area (Å²) in [5.74, 6) is -0.0512. The van der Waals surface area contributed by atoms with Crippen LogP contribution < -0.4 is 16.2 Å². The van der Waals surface area contributed by atoms with Crippen LogP contribution in [-0.2, 0) is 21.5 Å². The summed E-state index contributed by atoms with van der Waals surface area (Å²) in [5, 5.41) is 6.93. The van der Waals surface area contributed by atoms with Crippen LogP contribution in [0.25, 0.3) is 10.9 Å². The Morgan fingerprint density at radius 2 is 1.21 bits per heavy atom. The van der Waals surface area contributed by atoms with Crippen LogP contribution >= 0.6 is 0 Å². The van der Waals surface area contributed by atoms with E-state index in [9.17, 15) is 14.4 Å². The molecule has 0 radical (unpaired) electrons. The molecule has 0 bridgehead atoms. The number of hydrogen-bond donors (Lipinski definition) is 2. The van der Waals surface area contributed by atoms with Crippen LogP contribution in [0, 0.1) is 0 Å². The van der Waals surface area contributed by atoms with E-state index < -0.39 is 17.6 Å². The van der Waals surface area contributed by atoms with Crippen molar-refractivity contribution in [1.29, 1.82) is 0 Å². The van der Waals surface area contributed by atoms with E-state index in [0.717, 1.165) is 22.3 Å². The van der Waals surface area contributed by atoms with Crippen LogP contribution in [0.2, 0.25) is 0 Å². The quantitative estimate of drug-likeness (QED) is 0.188. The Hall–Kier alpha value is -5.82. The normalized spacial score (nSPS) is 15.9. The second-order valence-corrected chi connectivity index (χ2v) is 11.9. The first-order valence-corrected chi connectivity index (χ1v) is 15.9. The molecule has 6 aromatic rings. The molecule has 2 atom stereocenters. The van der Waals surface area contributed by atoms with Crippen molar-refractivity contribution in [2.24, 2.45) is 0 Å². The molecule has 0 fully saturated rings. The van der Waals surface area contributed by atoms with Crippen molar-refractivity contribution in [1.82, 2.24) is 20.2 Å². The van der Waals surface area contributed by atoms with Gasteiger partial charge in [0.2, 0.25) is 11.8 Å². The molecule has 1 aliphatic rings. The standard InChI is InChI=1S/C40H34N4O3/c45-36(43-40(29-17-7-2-8-18-29,30-19-9-3-10-20-30)31-21-11-4-12-22-31)26-25-35-38(46)42-34(27-28-15-5-1-6-16-28)37-41-33-24-14-13-23-32(33)39(47)44(35)37/h1-24,34-35H,25-27H2,(H,42,46)(H,43,45)/t34-,35-/m0/s1. The van der Waals surface area contributed by atoms with Crippen LogP contribution in [0.1, 0.15) is 53.0 Å². The molecule has 47 heavy (non-hydrogen) atoms. The van der Waals surface area contributed by atoms with Crippen LogP contribution in [0.4, 0.5) is 0 Å². The first-order valence-electron chi connectivity index (χ1n) is 15.9. The highest BCUT2D eigenvalue weighted by molar-refractivity contribution is 5.85. The fraction of sp³-hybridized carbons (Fsp3) is 0.150. The summed E-state index contributed by atoms with van der Waals surface area (Å²) >= 11 is 0. The third kappa shape index (κ3) is 5.72. The van der Waals surface area contributed by atoms with Crippen LogP contribution in [0.15, 0.2) is 150 Å². The molecule has 7 heteroatoms. The van der Waals surface area contributed by atoms with Gasteiger partial charge in [-0.05, 0) is 47.2 Å². The number of nitrogens with one attached hydrogen (secondary N) is 2. The Balaban J connectivity index is 1.24. The van der Waals surface area contributed by atoms with Gasteiger partial charge in [0.25, 0.3) is 5.56 Å². The molecule has 232 valence electrons. The summed E-state index contributed by atoms with van der Waals surface area (Å²) in [4.78, 5) is 46.8. The molecule has 0 aliphatic carbocycles. The first kappa shape index (κ1) is 29.9. The molecule has 0 unspecified atom stereocenters. The largest absolute Gasteiger partial charge is 0.344 e. The zero-order valence-electron chi connectivity index (χ0n) is 25.8. The van der Waals surface area contributed by atoms with Crippen LogP contribution in [0.5, 0.6) is 0 Å². The lowest BCUT2D eigenvalue weighted by molar-refractivity contribution is -0.127. The van der Waals surface area contributed by atoms with Gasteiger partial charge in [0, 0.05) is 6.42 Å². The van der Waals surface area contributed by atoms with E-state index in [4.69, 9.17) is 4.98 Å². The average Bonchev–Trinajstić information content (AvgIpc) is 3.12. The van der Waals surface area contributed by atoms with Crippen molar-refractivity contribution >= 4 is 22.7 Å². The Kier molecular flexibility index (Phi) is 8.19. The van der Waals surface area contributed by atoms with Crippen LogP contribution in [0.3, 0.4) is 0 Å². The zero-order chi connectivity index (χ0) is 32.2. The minimum absolute atomic E-state index is 0.00833. The highest BCUT2D eigenvalue weighted by Crippen LogP contribution is 2.37. The maximum Gasteiger partial charge on any atom is 0.262 e. The number of amides is 2. The van der Waals surface area contributed by atoms with Gasteiger partial charge in [-0.2, -0.15) is 0 Å². The number of nitrogens with zero attached hydrogens (tertiary/aromatic N) is 2. The molecule has 2 heterocycles. The lowest BCUT2D eigenvalue weighted by Gasteiger charge is -2.37. The Bertz CT molecular complexity index is 1980. The summed E-state index contributed by atoms with van der Waals surface area (Å²) < 4.78 is 1.51. The summed E-state index contributed by atoms with van der Waals surface area (Å²) in [6.07, 6.45) is 0.615. The van der Waals surface area contributed by atoms with Crippen molar-refractivity contribution in [3.8, 4) is 0 Å². The Morgan fingerprint density at radius 1 is 0.702 bits per heavy atom. The smallest absolute Gasteiger partial charge is 0.262 e. The molecule has 1 aliphatic heterocycles. The number of rotatable bonds is 9. The van der Waals surface area contributed by atoms with Crippen molar-refractivity contribution in [2.45, 2.75) is 36.9 Å². The third-order valence-corrected chi connectivity index (χ3v) is 8.95. The lowest BCUT2D eigenvalue weighted by atomic mass is 9.77. The molecule has 2 amide bonds. The fourth-order valence-corrected chi connectivity index (χ4v) is 6.73. The van der Waals surface area contributed by atoms with Gasteiger partial charge in [-0.1, -0.05) is 133 Å². The van der Waals surface area contributed by atoms with Gasteiger partial charge in [0.15, 0.2) is 0 Å². The van der Waals surface area contributed by atoms with E-state index >= 15 is 0 Å². The minimum atomic E-state index is -0.983. The monoisotopic (exact) mass is 618 g/mol. The SMILES string of the molecule is O=C(CC[C@H]1C(=O)N[C@@H](Cc2ccccc2)c2nc3ccccc3c(=O)n21)NC(c1ccccc1)(c1ccccc1)c1ccccc1. The van der Waals surface area contributed by atoms with E-state index in [1.807, 2.05) is 133 Å². The molecule has 5 aromatic carbocycles. The summed E-state index contributed by atoms with van der Waals surface area (Å²) in [6.45, 7) is 0. The van der Waals surface area contributed by atoms with Gasteiger partial charge in [-0.15, -0.1) is 0 Å². The number of carbonyl (C=O) groups excluding carboxylic acids is 2. The maximum atomic E-state index is 14.1. The topological polar surface area (TPSA) is 93.1 Å². The van der Waals surface area contributed by atoms with Crippen molar-refractivity contribution < 1.29 is 9.59 Å². The second-order valence-electron chi connectivity index (χ2n) is 11.9. The molecule has 0 spiro atoms. The van der Waals surface area contributed by atoms with Gasteiger partial charge >= 0.3 is 0 Å². The number of benzene rings is 5. The average molecular weight is 619 g/mol. The highest BCUT2D eigenvalue weighted by Gasteiger charge is 2.39. The van der Waals surface area contributed by atoms with Crippen LogP contribution in [-0.4, -0.2) is 21.4 Å². The first-order chi connectivity index (χ1) is 23.0. The predicted octanol–water partition coefficient (Wildman–Crippen LogP) is 6.24. The molecule has 0 saturated carbocycles. The van der Waals surface area contributed by atoms with Crippen molar-refractivity contribution in [3.05, 3.63) is 184 Å². The van der Waals surface area contributed by atoms with E-state index in [0.29, 0.717) is 23.1 Å². The number of hydrogen-bond acceptors (Lipinski definition) is 4. The van der Waals surface area contributed by atoms with E-state index in [2.05, 4.69) is 10.6 Å². The Morgan fingerprint density at radius 3 is 1.79 bits per heavy atom.